The first kappa shape index (κ1) is 48.2. The number of rotatable bonds is 9. The van der Waals surface area contributed by atoms with Gasteiger partial charge in [-0.25, -0.2) is 0 Å². The Morgan fingerprint density at radius 3 is 2.09 bits per heavy atom. The van der Waals surface area contributed by atoms with Gasteiger partial charge in [0.15, 0.2) is 0 Å². The van der Waals surface area contributed by atoms with Crippen LogP contribution in [0.2, 0.25) is 17.3 Å². The minimum Gasteiger partial charge on any atom is -0.501 e. The summed E-state index contributed by atoms with van der Waals surface area (Å²) in [5.41, 5.74) is 21.4. The van der Waals surface area contributed by atoms with Gasteiger partial charge >= 0.3 is 166 Å². The Hall–Kier alpha value is -5.85. The summed E-state index contributed by atoms with van der Waals surface area (Å²) in [7, 11) is 0. The first-order valence-electron chi connectivity index (χ1n) is 24.4. The third-order valence-corrected chi connectivity index (χ3v) is 17.9. The maximum absolute atomic E-state index is 6.55. The topological polar surface area (TPSA) is 43.9 Å². The minimum absolute atomic E-state index is 0. The summed E-state index contributed by atoms with van der Waals surface area (Å²) in [6.07, 6.45) is 4.29. The third-order valence-electron chi connectivity index (χ3n) is 13.6. The molecule has 0 bridgehead atoms. The molecule has 0 amide bonds. The number of aromatic nitrogens is 3. The molecule has 3 heterocycles. The van der Waals surface area contributed by atoms with Gasteiger partial charge in [-0.3, -0.25) is 4.98 Å². The first-order chi connectivity index (χ1) is 32.7. The zero-order valence-corrected chi connectivity index (χ0v) is 46.1. The van der Waals surface area contributed by atoms with E-state index in [-0.39, 0.29) is 20.1 Å². The van der Waals surface area contributed by atoms with Gasteiger partial charge in [0.1, 0.15) is 5.58 Å². The molecule has 0 fully saturated rings. The van der Waals surface area contributed by atoms with Crippen molar-refractivity contribution >= 4 is 50.6 Å². The molecule has 7 aromatic carbocycles. The van der Waals surface area contributed by atoms with E-state index < -0.39 is 13.3 Å². The average Bonchev–Trinajstić information content (AvgIpc) is 4.02. The average molecular weight is 1140 g/mol. The molecule has 349 valence electrons. The van der Waals surface area contributed by atoms with E-state index in [2.05, 4.69) is 222 Å². The molecule has 0 N–H and O–H groups in total. The number of pyridine rings is 1. The zero-order chi connectivity index (χ0) is 47.4. The van der Waals surface area contributed by atoms with Crippen LogP contribution in [-0.2, 0) is 32.9 Å². The molecule has 6 heteroatoms. The summed E-state index contributed by atoms with van der Waals surface area (Å²) in [6.45, 7) is 15.8. The molecule has 0 saturated carbocycles. The molecule has 0 spiro atoms. The van der Waals surface area contributed by atoms with Crippen LogP contribution in [-0.4, -0.2) is 27.8 Å². The largest absolute Gasteiger partial charge is 0.501 e. The predicted octanol–water partition coefficient (Wildman–Crippen LogP) is 16.5. The number of hydrogen-bond acceptors (Lipinski definition) is 3. The Balaban J connectivity index is 0.000000184. The number of para-hydroxylation sites is 2. The Morgan fingerprint density at radius 2 is 1.36 bits per heavy atom. The van der Waals surface area contributed by atoms with Crippen LogP contribution >= 0.6 is 0 Å². The van der Waals surface area contributed by atoms with E-state index in [0.29, 0.717) is 17.8 Å². The number of furan rings is 1. The summed E-state index contributed by atoms with van der Waals surface area (Å²) in [5, 5.41) is 2.20. The smallest absolute Gasteiger partial charge is 0.121 e. The first-order valence-corrected chi connectivity index (χ1v) is 31.8. The molecular formula is C63H61GeIrN3O-2. The molecule has 10 aromatic rings. The van der Waals surface area contributed by atoms with Crippen LogP contribution in [0, 0.1) is 25.0 Å². The van der Waals surface area contributed by atoms with Crippen LogP contribution in [0.15, 0.2) is 150 Å². The van der Waals surface area contributed by atoms with Gasteiger partial charge in [-0.2, -0.15) is 0 Å². The fourth-order valence-corrected chi connectivity index (χ4v) is 13.6. The Labute approximate surface area is 425 Å². The monoisotopic (exact) mass is 1140 g/mol. The van der Waals surface area contributed by atoms with Gasteiger partial charge in [-0.1, -0.05) is 93.2 Å². The van der Waals surface area contributed by atoms with E-state index >= 15 is 0 Å². The molecule has 0 atom stereocenters. The second-order valence-corrected chi connectivity index (χ2v) is 31.4. The molecule has 69 heavy (non-hydrogen) atoms. The van der Waals surface area contributed by atoms with Gasteiger partial charge in [-0.05, 0) is 76.9 Å². The SMILES string of the molecule is CC(C)Cc1cc(-c2[c-]ccc3c2Cc2ccccc2-3)nc[c]1[Ge]([CH3])([CH3])[CH3].Cc1ccc2c(c1)oc1c(-c3nc4ccccc4n3-c3c(C(C)C)cc(-c4ccccc4)cc3C(C)C)[c-]ccc12.[Ir]. The standard InChI is InChI=1S/C38H33N2O.C25H28GeN.Ir/c1-23(2)31-21-27(26-12-7-6-8-13-26)22-32(24(3)4)36(31)40-34-17-10-9-16-33(34)39-38(40)30-15-11-14-29-28-19-18-25(5)20-35(28)41-37(29)30;1-17(2)13-19-15-25(27-16-24(19)26(3,4)5)22-12-8-11-21-20-10-7-6-9-18(20)14-23(21)22;/h6-14,16-24H,1-5H3;6-11,15-17H,13-14H2,1-5H3;/q2*-1;. The Kier molecular flexibility index (Phi) is 13.6. The molecule has 1 aliphatic carbocycles. The number of nitrogens with zero attached hydrogens (tertiary/aromatic N) is 3. The quantitative estimate of drug-likeness (QED) is 0.107. The number of fused-ring (bicyclic) bond motifs is 7. The van der Waals surface area contributed by atoms with Gasteiger partial charge in [-0.15, -0.1) is 18.2 Å². The zero-order valence-electron chi connectivity index (χ0n) is 41.6. The van der Waals surface area contributed by atoms with Crippen molar-refractivity contribution in [2.75, 3.05) is 0 Å². The van der Waals surface area contributed by atoms with Crippen molar-refractivity contribution in [1.82, 2.24) is 14.5 Å². The van der Waals surface area contributed by atoms with Crippen molar-refractivity contribution in [2.45, 2.75) is 90.4 Å². The van der Waals surface area contributed by atoms with Crippen LogP contribution in [0.4, 0.5) is 0 Å². The summed E-state index contributed by atoms with van der Waals surface area (Å²) in [5.74, 6) is 9.49. The summed E-state index contributed by atoms with van der Waals surface area (Å²) >= 11 is -1.95. The molecule has 0 aliphatic heterocycles. The fraction of sp³-hybridized carbons (Fsp3) is 0.238. The summed E-state index contributed by atoms with van der Waals surface area (Å²) in [6, 6.07) is 56.8. The summed E-state index contributed by atoms with van der Waals surface area (Å²) < 4.78 is 10.5. The predicted molar refractivity (Wildman–Crippen MR) is 289 cm³/mol. The number of imidazole rings is 1. The third kappa shape index (κ3) is 9.22. The van der Waals surface area contributed by atoms with Crippen molar-refractivity contribution in [2.24, 2.45) is 5.92 Å². The van der Waals surface area contributed by atoms with E-state index in [9.17, 15) is 0 Å². The molecule has 0 unspecified atom stereocenters. The molecule has 3 aromatic heterocycles. The fourth-order valence-electron chi connectivity index (χ4n) is 10.3. The van der Waals surface area contributed by atoms with Crippen LogP contribution in [0.1, 0.15) is 86.8 Å². The number of aryl methyl sites for hydroxylation is 1. The van der Waals surface area contributed by atoms with Crippen molar-refractivity contribution < 1.29 is 24.5 Å². The minimum atomic E-state index is -1.95. The second-order valence-electron chi connectivity index (χ2n) is 20.8. The van der Waals surface area contributed by atoms with E-state index in [1.807, 2.05) is 6.07 Å². The molecular weight excluding hydrogens is 1080 g/mol. The number of benzene rings is 7. The molecule has 4 nitrogen and oxygen atoms in total. The van der Waals surface area contributed by atoms with Gasteiger partial charge in [0.05, 0.1) is 22.4 Å². The van der Waals surface area contributed by atoms with E-state index in [1.165, 1.54) is 66.9 Å². The molecule has 0 saturated heterocycles. The maximum Gasteiger partial charge on any atom is 0.121 e. The summed E-state index contributed by atoms with van der Waals surface area (Å²) in [4.78, 5) is 10.2. The van der Waals surface area contributed by atoms with Crippen molar-refractivity contribution in [3.05, 3.63) is 191 Å². The van der Waals surface area contributed by atoms with E-state index in [1.54, 1.807) is 4.40 Å². The number of hydrogen-bond donors (Lipinski definition) is 0. The van der Waals surface area contributed by atoms with Crippen molar-refractivity contribution in [3.8, 4) is 50.6 Å². The molecule has 1 aliphatic rings. The van der Waals surface area contributed by atoms with Gasteiger partial charge in [0.25, 0.3) is 0 Å². The van der Waals surface area contributed by atoms with Gasteiger partial charge < -0.3 is 8.98 Å². The Morgan fingerprint density at radius 1 is 0.681 bits per heavy atom. The normalized spacial score (nSPS) is 12.2. The van der Waals surface area contributed by atoms with Crippen LogP contribution < -0.4 is 4.40 Å². The van der Waals surface area contributed by atoms with Crippen LogP contribution in [0.25, 0.3) is 83.6 Å². The molecule has 11 rings (SSSR count). The van der Waals surface area contributed by atoms with Crippen LogP contribution in [0.5, 0.6) is 0 Å². The molecule has 1 radical (unpaired) electrons. The second kappa shape index (κ2) is 19.5. The van der Waals surface area contributed by atoms with Crippen LogP contribution in [0.3, 0.4) is 0 Å². The van der Waals surface area contributed by atoms with Gasteiger partial charge in [0, 0.05) is 31.2 Å². The Bertz CT molecular complexity index is 3470. The van der Waals surface area contributed by atoms with Crippen molar-refractivity contribution in [1.29, 1.82) is 0 Å². The van der Waals surface area contributed by atoms with Crippen molar-refractivity contribution in [3.63, 3.8) is 0 Å². The van der Waals surface area contributed by atoms with Gasteiger partial charge in [0.2, 0.25) is 0 Å². The van der Waals surface area contributed by atoms with E-state index in [0.717, 1.165) is 62.9 Å². The van der Waals surface area contributed by atoms with E-state index in [4.69, 9.17) is 14.4 Å². The maximum atomic E-state index is 6.55.